The zero-order chi connectivity index (χ0) is 14.1. The molecule has 0 spiro atoms. The van der Waals surface area contributed by atoms with Crippen molar-refractivity contribution >= 4 is 11.4 Å². The van der Waals surface area contributed by atoms with Crippen LogP contribution in [0.15, 0.2) is 18.2 Å². The predicted molar refractivity (Wildman–Crippen MR) is 76.2 cm³/mol. The lowest BCUT2D eigenvalue weighted by Crippen LogP contribution is -2.53. The molecule has 6 nitrogen and oxygen atoms in total. The first kappa shape index (κ1) is 13.2. The normalized spacial score (nSPS) is 28.1. The quantitative estimate of drug-likeness (QED) is 0.674. The van der Waals surface area contributed by atoms with E-state index in [1.165, 1.54) is 33.0 Å². The number of ether oxygens (including phenoxy) is 1. The second kappa shape index (κ2) is 5.28. The van der Waals surface area contributed by atoms with E-state index in [1.54, 1.807) is 12.1 Å². The molecule has 0 aromatic heterocycles. The zero-order valence-electron chi connectivity index (χ0n) is 11.5. The lowest BCUT2D eigenvalue weighted by atomic mass is 9.84. The molecule has 0 aliphatic carbocycles. The van der Waals surface area contributed by atoms with Gasteiger partial charge in [0.1, 0.15) is 0 Å². The minimum absolute atomic E-state index is 0.0128. The van der Waals surface area contributed by atoms with E-state index in [0.29, 0.717) is 17.7 Å². The minimum atomic E-state index is -0.402. The highest BCUT2D eigenvalue weighted by atomic mass is 16.6. The van der Waals surface area contributed by atoms with E-state index < -0.39 is 4.92 Å². The van der Waals surface area contributed by atoms with Crippen LogP contribution in [0.2, 0.25) is 0 Å². The first-order valence-electron chi connectivity index (χ1n) is 6.98. The molecule has 1 atom stereocenters. The third-order valence-corrected chi connectivity index (χ3v) is 4.38. The first-order valence-corrected chi connectivity index (χ1v) is 6.98. The molecule has 3 saturated heterocycles. The van der Waals surface area contributed by atoms with Crippen molar-refractivity contribution in [2.75, 3.05) is 32.1 Å². The maximum Gasteiger partial charge on any atom is 0.312 e. The van der Waals surface area contributed by atoms with Gasteiger partial charge in [0, 0.05) is 24.3 Å². The zero-order valence-corrected chi connectivity index (χ0v) is 11.5. The fraction of sp³-hybridized carbons (Fsp3) is 0.571. The predicted octanol–water partition coefficient (Wildman–Crippen LogP) is 2.11. The Balaban J connectivity index is 1.77. The van der Waals surface area contributed by atoms with Crippen LogP contribution in [0.5, 0.6) is 5.75 Å². The number of piperidine rings is 3. The molecule has 3 aliphatic heterocycles. The maximum absolute atomic E-state index is 11.0. The fourth-order valence-corrected chi connectivity index (χ4v) is 3.27. The van der Waals surface area contributed by atoms with Crippen LogP contribution in [0.25, 0.3) is 0 Å². The Kier molecular flexibility index (Phi) is 3.48. The number of anilines is 1. The number of nitro groups is 1. The van der Waals surface area contributed by atoms with Gasteiger partial charge in [0.25, 0.3) is 0 Å². The third kappa shape index (κ3) is 2.43. The number of methoxy groups -OCH3 is 1. The summed E-state index contributed by atoms with van der Waals surface area (Å²) in [6.45, 7) is 3.40. The SMILES string of the molecule is COc1ccc(NC2CN3CCC2CC3)cc1[N+](=O)[O-]. The van der Waals surface area contributed by atoms with Crippen LogP contribution in [0.4, 0.5) is 11.4 Å². The molecule has 0 radical (unpaired) electrons. The summed E-state index contributed by atoms with van der Waals surface area (Å²) in [6.07, 6.45) is 2.44. The number of fused-ring (bicyclic) bond motifs is 3. The largest absolute Gasteiger partial charge is 0.490 e. The molecule has 20 heavy (non-hydrogen) atoms. The third-order valence-electron chi connectivity index (χ3n) is 4.38. The second-order valence-corrected chi connectivity index (χ2v) is 5.53. The Morgan fingerprint density at radius 1 is 1.40 bits per heavy atom. The van der Waals surface area contributed by atoms with Crippen LogP contribution in [-0.4, -0.2) is 42.6 Å². The molecule has 1 N–H and O–H groups in total. The lowest BCUT2D eigenvalue weighted by Gasteiger charge is -2.45. The molecule has 0 amide bonds. The van der Waals surface area contributed by atoms with Crippen LogP contribution in [0, 0.1) is 16.0 Å². The molecule has 2 bridgehead atoms. The summed E-state index contributed by atoms with van der Waals surface area (Å²) in [4.78, 5) is 13.1. The van der Waals surface area contributed by atoms with Gasteiger partial charge in [-0.2, -0.15) is 0 Å². The molecule has 4 rings (SSSR count). The molecule has 3 fully saturated rings. The number of rotatable bonds is 4. The van der Waals surface area contributed by atoms with Crippen molar-refractivity contribution in [3.8, 4) is 5.75 Å². The van der Waals surface area contributed by atoms with Gasteiger partial charge in [-0.3, -0.25) is 10.1 Å². The van der Waals surface area contributed by atoms with Crippen LogP contribution < -0.4 is 10.1 Å². The van der Waals surface area contributed by atoms with E-state index in [4.69, 9.17) is 4.74 Å². The molecule has 108 valence electrons. The van der Waals surface area contributed by atoms with Gasteiger partial charge in [-0.15, -0.1) is 0 Å². The van der Waals surface area contributed by atoms with Gasteiger partial charge in [0.2, 0.25) is 0 Å². The highest BCUT2D eigenvalue weighted by Crippen LogP contribution is 2.33. The summed E-state index contributed by atoms with van der Waals surface area (Å²) in [5.74, 6) is 0.982. The highest BCUT2D eigenvalue weighted by Gasteiger charge is 2.34. The van der Waals surface area contributed by atoms with Crippen molar-refractivity contribution in [2.45, 2.75) is 18.9 Å². The molecule has 0 saturated carbocycles. The Labute approximate surface area is 117 Å². The van der Waals surface area contributed by atoms with Crippen LogP contribution in [0.1, 0.15) is 12.8 Å². The van der Waals surface area contributed by atoms with Gasteiger partial charge in [0.05, 0.1) is 12.0 Å². The molecular weight excluding hydrogens is 258 g/mol. The van der Waals surface area contributed by atoms with Crippen molar-refractivity contribution in [2.24, 2.45) is 5.92 Å². The highest BCUT2D eigenvalue weighted by molar-refractivity contribution is 5.59. The van der Waals surface area contributed by atoms with Crippen molar-refractivity contribution in [3.05, 3.63) is 28.3 Å². The van der Waals surface area contributed by atoms with Gasteiger partial charge >= 0.3 is 5.69 Å². The van der Waals surface area contributed by atoms with Gasteiger partial charge in [0.15, 0.2) is 5.75 Å². The smallest absolute Gasteiger partial charge is 0.312 e. The molecule has 1 aromatic carbocycles. The van der Waals surface area contributed by atoms with Gasteiger partial charge < -0.3 is 15.0 Å². The first-order chi connectivity index (χ1) is 9.67. The van der Waals surface area contributed by atoms with E-state index in [-0.39, 0.29) is 5.69 Å². The standard InChI is InChI=1S/C14H19N3O3/c1-20-14-3-2-11(8-13(14)17(18)19)15-12-9-16-6-4-10(12)5-7-16/h2-3,8,10,12,15H,4-7,9H2,1H3. The van der Waals surface area contributed by atoms with E-state index in [2.05, 4.69) is 10.2 Å². The topological polar surface area (TPSA) is 67.6 Å². The van der Waals surface area contributed by atoms with Gasteiger partial charge in [-0.25, -0.2) is 0 Å². The van der Waals surface area contributed by atoms with E-state index in [0.717, 1.165) is 12.2 Å². The van der Waals surface area contributed by atoms with E-state index in [1.807, 2.05) is 6.07 Å². The average Bonchev–Trinajstić information content (AvgIpc) is 2.48. The number of nitrogens with zero attached hydrogens (tertiary/aromatic N) is 2. The number of hydrogen-bond acceptors (Lipinski definition) is 5. The summed E-state index contributed by atoms with van der Waals surface area (Å²) in [5, 5.41) is 14.5. The number of hydrogen-bond donors (Lipinski definition) is 1. The van der Waals surface area contributed by atoms with Crippen LogP contribution >= 0.6 is 0 Å². The number of benzene rings is 1. The van der Waals surface area contributed by atoms with Crippen molar-refractivity contribution in [3.63, 3.8) is 0 Å². The van der Waals surface area contributed by atoms with Crippen molar-refractivity contribution < 1.29 is 9.66 Å². The molecule has 1 unspecified atom stereocenters. The molecule has 3 heterocycles. The van der Waals surface area contributed by atoms with Gasteiger partial charge in [-0.05, 0) is 44.0 Å². The van der Waals surface area contributed by atoms with Crippen LogP contribution in [0.3, 0.4) is 0 Å². The van der Waals surface area contributed by atoms with E-state index in [9.17, 15) is 10.1 Å². The Morgan fingerprint density at radius 3 is 2.70 bits per heavy atom. The maximum atomic E-state index is 11.0. The summed E-state index contributed by atoms with van der Waals surface area (Å²) in [6, 6.07) is 5.47. The Hall–Kier alpha value is -1.82. The van der Waals surface area contributed by atoms with Crippen molar-refractivity contribution in [1.82, 2.24) is 4.90 Å². The molecule has 3 aliphatic rings. The lowest BCUT2D eigenvalue weighted by molar-refractivity contribution is -0.385. The van der Waals surface area contributed by atoms with Crippen molar-refractivity contribution in [1.29, 1.82) is 0 Å². The summed E-state index contributed by atoms with van der Waals surface area (Å²) in [7, 11) is 1.45. The fourth-order valence-electron chi connectivity index (χ4n) is 3.27. The average molecular weight is 277 g/mol. The Morgan fingerprint density at radius 2 is 2.15 bits per heavy atom. The monoisotopic (exact) mass is 277 g/mol. The van der Waals surface area contributed by atoms with Gasteiger partial charge in [-0.1, -0.05) is 0 Å². The summed E-state index contributed by atoms with van der Waals surface area (Å²) < 4.78 is 5.02. The number of nitrogens with one attached hydrogen (secondary N) is 1. The molecular formula is C14H19N3O3. The summed E-state index contributed by atoms with van der Waals surface area (Å²) in [5.41, 5.74) is 0.815. The molecule has 1 aromatic rings. The minimum Gasteiger partial charge on any atom is -0.490 e. The second-order valence-electron chi connectivity index (χ2n) is 5.53. The van der Waals surface area contributed by atoms with E-state index >= 15 is 0 Å². The summed E-state index contributed by atoms with van der Waals surface area (Å²) >= 11 is 0. The van der Waals surface area contributed by atoms with Crippen LogP contribution in [-0.2, 0) is 0 Å². The molecule has 6 heteroatoms. The Bertz CT molecular complexity index is 512. The number of nitro benzene ring substituents is 1.